The van der Waals surface area contributed by atoms with Gasteiger partial charge in [-0.05, 0) is 87.0 Å². The second-order valence-electron chi connectivity index (χ2n) is 8.21. The highest BCUT2D eigenvalue weighted by molar-refractivity contribution is 5.93. The molecule has 5 rings (SSSR count). The third kappa shape index (κ3) is 3.57. The Bertz CT molecular complexity index is 642. The van der Waals surface area contributed by atoms with Crippen molar-refractivity contribution >= 4 is 17.5 Å². The zero-order valence-corrected chi connectivity index (χ0v) is 15.4. The molecule has 4 aliphatic carbocycles. The third-order valence-corrected chi connectivity index (χ3v) is 6.40. The summed E-state index contributed by atoms with van der Waals surface area (Å²) in [4.78, 5) is 24.3. The molecule has 4 aliphatic rings. The Hall–Kier alpha value is -2.04. The van der Waals surface area contributed by atoms with E-state index < -0.39 is 0 Å². The lowest BCUT2D eigenvalue weighted by molar-refractivity contribution is -0.132. The van der Waals surface area contributed by atoms with Crippen molar-refractivity contribution in [3.8, 4) is 5.75 Å². The lowest BCUT2D eigenvalue weighted by atomic mass is 9.51. The number of nitrogens with one attached hydrogen (secondary N) is 2. The molecule has 4 fully saturated rings. The minimum Gasteiger partial charge on any atom is -0.484 e. The second-order valence-corrected chi connectivity index (χ2v) is 8.21. The van der Waals surface area contributed by atoms with Gasteiger partial charge in [-0.3, -0.25) is 9.59 Å². The van der Waals surface area contributed by atoms with Crippen LogP contribution in [0.3, 0.4) is 0 Å². The molecule has 1 aromatic rings. The molecule has 26 heavy (non-hydrogen) atoms. The van der Waals surface area contributed by atoms with E-state index in [2.05, 4.69) is 10.6 Å². The van der Waals surface area contributed by atoms with E-state index in [-0.39, 0.29) is 24.3 Å². The summed E-state index contributed by atoms with van der Waals surface area (Å²) in [5.74, 6) is 3.81. The summed E-state index contributed by atoms with van der Waals surface area (Å²) in [7, 11) is 0. The van der Waals surface area contributed by atoms with E-state index in [4.69, 9.17) is 4.74 Å². The monoisotopic (exact) mass is 356 g/mol. The van der Waals surface area contributed by atoms with Crippen molar-refractivity contribution in [3.05, 3.63) is 24.3 Å². The van der Waals surface area contributed by atoms with Crippen molar-refractivity contribution < 1.29 is 14.3 Å². The van der Waals surface area contributed by atoms with Crippen LogP contribution in [-0.2, 0) is 9.59 Å². The first-order valence-electron chi connectivity index (χ1n) is 9.92. The van der Waals surface area contributed by atoms with E-state index in [1.54, 1.807) is 12.1 Å². The second kappa shape index (κ2) is 7.29. The van der Waals surface area contributed by atoms with Crippen LogP contribution in [0.4, 0.5) is 5.69 Å². The zero-order chi connectivity index (χ0) is 18.1. The highest BCUT2D eigenvalue weighted by Gasteiger charge is 2.50. The van der Waals surface area contributed by atoms with Crippen LogP contribution in [0, 0.1) is 29.6 Å². The fraction of sp³-hybridized carbons (Fsp3) is 0.619. The third-order valence-electron chi connectivity index (χ3n) is 6.40. The van der Waals surface area contributed by atoms with Crippen molar-refractivity contribution in [2.75, 3.05) is 18.5 Å². The summed E-state index contributed by atoms with van der Waals surface area (Å²) < 4.78 is 5.45. The molecular formula is C21H28N2O3. The molecule has 2 amide bonds. The van der Waals surface area contributed by atoms with Gasteiger partial charge in [0.05, 0.1) is 0 Å². The van der Waals surface area contributed by atoms with Gasteiger partial charge in [-0.2, -0.15) is 0 Å². The Morgan fingerprint density at radius 1 is 1.00 bits per heavy atom. The summed E-state index contributed by atoms with van der Waals surface area (Å²) >= 11 is 0. The summed E-state index contributed by atoms with van der Waals surface area (Å²) in [5.41, 5.74) is 0.800. The predicted molar refractivity (Wildman–Crippen MR) is 99.8 cm³/mol. The molecule has 0 saturated heterocycles. The summed E-state index contributed by atoms with van der Waals surface area (Å²) in [6.45, 7) is 2.48. The number of ether oxygens (including phenoxy) is 1. The van der Waals surface area contributed by atoms with Crippen molar-refractivity contribution in [1.82, 2.24) is 5.32 Å². The van der Waals surface area contributed by atoms with Crippen LogP contribution < -0.4 is 15.4 Å². The van der Waals surface area contributed by atoms with Gasteiger partial charge in [0.1, 0.15) is 5.75 Å². The molecule has 0 spiro atoms. The van der Waals surface area contributed by atoms with Gasteiger partial charge in [0, 0.05) is 18.2 Å². The zero-order valence-electron chi connectivity index (χ0n) is 15.4. The normalized spacial score (nSPS) is 31.5. The van der Waals surface area contributed by atoms with Gasteiger partial charge in [-0.15, -0.1) is 0 Å². The van der Waals surface area contributed by atoms with Crippen molar-refractivity contribution in [3.63, 3.8) is 0 Å². The number of rotatable bonds is 6. The van der Waals surface area contributed by atoms with Crippen LogP contribution >= 0.6 is 0 Å². The number of hydrogen-bond donors (Lipinski definition) is 2. The van der Waals surface area contributed by atoms with Crippen molar-refractivity contribution in [2.45, 2.75) is 39.0 Å². The van der Waals surface area contributed by atoms with Crippen molar-refractivity contribution in [1.29, 1.82) is 0 Å². The van der Waals surface area contributed by atoms with Crippen molar-refractivity contribution in [2.24, 2.45) is 29.6 Å². The van der Waals surface area contributed by atoms with E-state index in [1.807, 2.05) is 19.1 Å². The van der Waals surface area contributed by atoms with Crippen LogP contribution in [0.1, 0.15) is 39.0 Å². The predicted octanol–water partition coefficient (Wildman–Crippen LogP) is 3.21. The lowest BCUT2D eigenvalue weighted by Crippen LogP contribution is -2.49. The van der Waals surface area contributed by atoms with E-state index in [0.717, 1.165) is 17.5 Å². The minimum atomic E-state index is -0.133. The van der Waals surface area contributed by atoms with Gasteiger partial charge < -0.3 is 15.4 Å². The highest BCUT2D eigenvalue weighted by Crippen LogP contribution is 2.56. The number of likely N-dealkylation sites (N-methyl/N-ethyl adjacent to an activating group) is 1. The van der Waals surface area contributed by atoms with Crippen LogP contribution in [0.25, 0.3) is 0 Å². The average molecular weight is 356 g/mol. The first kappa shape index (κ1) is 17.4. The molecule has 0 aliphatic heterocycles. The fourth-order valence-corrected chi connectivity index (χ4v) is 5.61. The maximum Gasteiger partial charge on any atom is 0.257 e. The number of anilines is 1. The average Bonchev–Trinajstić information content (AvgIpc) is 2.60. The standard InChI is InChI=1S/C21H28N2O3/c1-2-22-19(24)12-26-18-5-3-17(4-6-18)23-21(25)20-15-8-13-7-14(10-15)11-16(20)9-13/h3-6,13-16,20H,2,7-12H2,1H3,(H,22,24)(H,23,25). The topological polar surface area (TPSA) is 67.4 Å². The number of carbonyl (C=O) groups excluding carboxylic acids is 2. The van der Waals surface area contributed by atoms with Crippen LogP contribution in [0.2, 0.25) is 0 Å². The van der Waals surface area contributed by atoms with Crippen LogP contribution in [-0.4, -0.2) is 25.0 Å². The molecule has 0 radical (unpaired) electrons. The molecule has 2 N–H and O–H groups in total. The number of benzene rings is 1. The van der Waals surface area contributed by atoms with Gasteiger partial charge in [-0.25, -0.2) is 0 Å². The number of hydrogen-bond acceptors (Lipinski definition) is 3. The molecule has 0 aromatic heterocycles. The molecule has 5 heteroatoms. The van der Waals surface area contributed by atoms with Gasteiger partial charge in [0.25, 0.3) is 5.91 Å². The molecule has 4 saturated carbocycles. The molecule has 140 valence electrons. The Kier molecular flexibility index (Phi) is 4.88. The first-order chi connectivity index (χ1) is 12.6. The summed E-state index contributed by atoms with van der Waals surface area (Å²) in [6.07, 6.45) is 6.39. The van der Waals surface area contributed by atoms with Crippen LogP contribution in [0.15, 0.2) is 24.3 Å². The number of amides is 2. The minimum absolute atomic E-state index is 0.00726. The number of carbonyl (C=O) groups is 2. The van der Waals surface area contributed by atoms with E-state index in [0.29, 0.717) is 24.1 Å². The summed E-state index contributed by atoms with van der Waals surface area (Å²) in [6, 6.07) is 7.29. The van der Waals surface area contributed by atoms with Gasteiger partial charge in [-0.1, -0.05) is 0 Å². The van der Waals surface area contributed by atoms with Gasteiger partial charge >= 0.3 is 0 Å². The largest absolute Gasteiger partial charge is 0.484 e. The smallest absolute Gasteiger partial charge is 0.257 e. The molecule has 4 bridgehead atoms. The fourth-order valence-electron chi connectivity index (χ4n) is 5.61. The van der Waals surface area contributed by atoms with Gasteiger partial charge in [0.2, 0.25) is 5.91 Å². The molecule has 0 heterocycles. The quantitative estimate of drug-likeness (QED) is 0.822. The maximum absolute atomic E-state index is 12.9. The molecule has 5 nitrogen and oxygen atoms in total. The van der Waals surface area contributed by atoms with Crippen LogP contribution in [0.5, 0.6) is 5.75 Å². The van der Waals surface area contributed by atoms with E-state index >= 15 is 0 Å². The first-order valence-corrected chi connectivity index (χ1v) is 9.92. The Labute approximate surface area is 154 Å². The Morgan fingerprint density at radius 2 is 1.62 bits per heavy atom. The molecular weight excluding hydrogens is 328 g/mol. The SMILES string of the molecule is CCNC(=O)COc1ccc(NC(=O)C2C3CC4CC(C3)CC2C4)cc1. The van der Waals surface area contributed by atoms with E-state index in [1.165, 1.54) is 32.1 Å². The molecule has 0 atom stereocenters. The lowest BCUT2D eigenvalue weighted by Gasteiger charge is -2.53. The van der Waals surface area contributed by atoms with E-state index in [9.17, 15) is 9.59 Å². The van der Waals surface area contributed by atoms with Gasteiger partial charge in [0.15, 0.2) is 6.61 Å². The molecule has 1 aromatic carbocycles. The maximum atomic E-state index is 12.9. The Morgan fingerprint density at radius 3 is 2.19 bits per heavy atom. The molecule has 0 unspecified atom stereocenters. The highest BCUT2D eigenvalue weighted by atomic mass is 16.5. The summed E-state index contributed by atoms with van der Waals surface area (Å²) in [5, 5.41) is 5.80. The Balaban J connectivity index is 1.33.